The molecule has 1 aromatic heterocycles. The second kappa shape index (κ2) is 9.90. The van der Waals surface area contributed by atoms with Crippen molar-refractivity contribution in [2.24, 2.45) is 0 Å². The van der Waals surface area contributed by atoms with E-state index in [1.54, 1.807) is 26.0 Å². The number of ether oxygens (including phenoxy) is 1. The third-order valence-electron chi connectivity index (χ3n) is 4.32. The fourth-order valence-corrected chi connectivity index (χ4v) is 3.91. The number of esters is 1. The van der Waals surface area contributed by atoms with Crippen LogP contribution in [0.5, 0.6) is 0 Å². The van der Waals surface area contributed by atoms with Crippen molar-refractivity contribution in [3.05, 3.63) is 45.8 Å². The van der Waals surface area contributed by atoms with E-state index in [9.17, 15) is 14.9 Å². The molecule has 2 rings (SSSR count). The zero-order valence-electron chi connectivity index (χ0n) is 16.7. The van der Waals surface area contributed by atoms with Crippen molar-refractivity contribution >= 4 is 33.9 Å². The summed E-state index contributed by atoms with van der Waals surface area (Å²) in [6.45, 7) is 9.73. The van der Waals surface area contributed by atoms with Gasteiger partial charge in [0.25, 0.3) is 5.91 Å². The Bertz CT molecular complexity index is 882. The number of carbonyl (C=O) groups is 2. The molecule has 1 N–H and O–H groups in total. The van der Waals surface area contributed by atoms with Crippen LogP contribution in [0.15, 0.2) is 24.3 Å². The minimum Gasteiger partial charge on any atom is -0.462 e. The molecule has 0 radical (unpaired) electrons. The third kappa shape index (κ3) is 4.70. The summed E-state index contributed by atoms with van der Waals surface area (Å²) in [7, 11) is 0. The van der Waals surface area contributed by atoms with Gasteiger partial charge in [0.2, 0.25) is 0 Å². The summed E-state index contributed by atoms with van der Waals surface area (Å²) in [5.74, 6) is -0.805. The van der Waals surface area contributed by atoms with Gasteiger partial charge in [-0.3, -0.25) is 4.79 Å². The van der Waals surface area contributed by atoms with E-state index in [2.05, 4.69) is 30.1 Å². The van der Waals surface area contributed by atoms with E-state index >= 15 is 0 Å². The molecule has 7 heteroatoms. The second-order valence-electron chi connectivity index (χ2n) is 6.17. The van der Waals surface area contributed by atoms with Gasteiger partial charge in [-0.25, -0.2) is 4.79 Å². The zero-order chi connectivity index (χ0) is 20.7. The van der Waals surface area contributed by atoms with Crippen molar-refractivity contribution in [3.8, 4) is 6.07 Å². The van der Waals surface area contributed by atoms with Crippen LogP contribution in [-0.4, -0.2) is 31.6 Å². The SMILES string of the molecule is CCCN(CC)c1ccc(C(=O)Nc2sc(C(=O)OCC)c(C)c2C#N)cc1. The van der Waals surface area contributed by atoms with Crippen LogP contribution in [0, 0.1) is 18.3 Å². The lowest BCUT2D eigenvalue weighted by molar-refractivity contribution is 0.0531. The van der Waals surface area contributed by atoms with Crippen LogP contribution in [0.3, 0.4) is 0 Å². The maximum atomic E-state index is 12.6. The highest BCUT2D eigenvalue weighted by molar-refractivity contribution is 7.18. The number of benzene rings is 1. The summed E-state index contributed by atoms with van der Waals surface area (Å²) < 4.78 is 5.02. The molecule has 1 aromatic carbocycles. The monoisotopic (exact) mass is 399 g/mol. The molecule has 148 valence electrons. The third-order valence-corrected chi connectivity index (χ3v) is 5.50. The van der Waals surface area contributed by atoms with Crippen LogP contribution in [0.2, 0.25) is 0 Å². The van der Waals surface area contributed by atoms with Crippen molar-refractivity contribution < 1.29 is 14.3 Å². The maximum absolute atomic E-state index is 12.6. The normalized spacial score (nSPS) is 10.2. The van der Waals surface area contributed by atoms with E-state index in [0.717, 1.165) is 36.5 Å². The molecule has 0 aliphatic carbocycles. The Hall–Kier alpha value is -2.85. The van der Waals surface area contributed by atoms with Crippen molar-refractivity contribution in [2.45, 2.75) is 34.1 Å². The predicted octanol–water partition coefficient (Wildman–Crippen LogP) is 4.59. The molecule has 0 saturated carbocycles. The van der Waals surface area contributed by atoms with E-state index in [0.29, 0.717) is 21.0 Å². The maximum Gasteiger partial charge on any atom is 0.348 e. The second-order valence-corrected chi connectivity index (χ2v) is 7.19. The molecule has 1 heterocycles. The smallest absolute Gasteiger partial charge is 0.348 e. The van der Waals surface area contributed by atoms with E-state index in [1.807, 2.05) is 12.1 Å². The Morgan fingerprint density at radius 1 is 1.21 bits per heavy atom. The minimum atomic E-state index is -0.484. The van der Waals surface area contributed by atoms with Crippen LogP contribution in [0.4, 0.5) is 10.7 Å². The molecule has 0 spiro atoms. The minimum absolute atomic E-state index is 0.249. The standard InChI is InChI=1S/C21H25N3O3S/c1-5-12-24(6-2)16-10-8-15(9-11-16)19(25)23-20-17(13-22)14(4)18(28-20)21(26)27-7-3/h8-11H,5-7,12H2,1-4H3,(H,23,25). The summed E-state index contributed by atoms with van der Waals surface area (Å²) in [6, 6.07) is 9.44. The van der Waals surface area contributed by atoms with E-state index in [1.165, 1.54) is 0 Å². The summed E-state index contributed by atoms with van der Waals surface area (Å²) in [4.78, 5) is 27.3. The van der Waals surface area contributed by atoms with Gasteiger partial charge in [-0.05, 0) is 57.0 Å². The Labute approximate surface area is 169 Å². The first-order valence-electron chi connectivity index (χ1n) is 9.33. The lowest BCUT2D eigenvalue weighted by Crippen LogP contribution is -2.23. The Morgan fingerprint density at radius 2 is 1.89 bits per heavy atom. The van der Waals surface area contributed by atoms with Gasteiger partial charge in [0.05, 0.1) is 12.2 Å². The summed E-state index contributed by atoms with van der Waals surface area (Å²) >= 11 is 1.06. The number of anilines is 2. The number of carbonyl (C=O) groups excluding carboxylic acids is 2. The Balaban J connectivity index is 2.22. The predicted molar refractivity (Wildman–Crippen MR) is 112 cm³/mol. The topological polar surface area (TPSA) is 82.4 Å². The van der Waals surface area contributed by atoms with Crippen molar-refractivity contribution in [2.75, 3.05) is 29.9 Å². The van der Waals surface area contributed by atoms with E-state index < -0.39 is 5.97 Å². The number of rotatable bonds is 8. The number of hydrogen-bond donors (Lipinski definition) is 1. The summed E-state index contributed by atoms with van der Waals surface area (Å²) in [6.07, 6.45) is 1.05. The molecule has 0 aliphatic heterocycles. The quantitative estimate of drug-likeness (QED) is 0.656. The molecule has 1 amide bonds. The lowest BCUT2D eigenvalue weighted by atomic mass is 10.1. The molecular weight excluding hydrogens is 374 g/mol. The fraction of sp³-hybridized carbons (Fsp3) is 0.381. The molecular formula is C21H25N3O3S. The number of nitrogens with zero attached hydrogens (tertiary/aromatic N) is 2. The average molecular weight is 400 g/mol. The number of nitrogens with one attached hydrogen (secondary N) is 1. The highest BCUT2D eigenvalue weighted by atomic mass is 32.1. The number of nitriles is 1. The van der Waals surface area contributed by atoms with E-state index in [-0.39, 0.29) is 18.1 Å². The molecule has 28 heavy (non-hydrogen) atoms. The molecule has 0 bridgehead atoms. The largest absolute Gasteiger partial charge is 0.462 e. The Morgan fingerprint density at radius 3 is 2.43 bits per heavy atom. The first-order chi connectivity index (χ1) is 13.5. The fourth-order valence-electron chi connectivity index (χ4n) is 2.87. The van der Waals surface area contributed by atoms with Gasteiger partial charge in [0, 0.05) is 24.3 Å². The van der Waals surface area contributed by atoms with Crippen LogP contribution in [0.25, 0.3) is 0 Å². The van der Waals surface area contributed by atoms with E-state index in [4.69, 9.17) is 4.74 Å². The highest BCUT2D eigenvalue weighted by Crippen LogP contribution is 2.33. The molecule has 0 saturated heterocycles. The van der Waals surface area contributed by atoms with Gasteiger partial charge in [0.15, 0.2) is 0 Å². The number of hydrogen-bond acceptors (Lipinski definition) is 6. The average Bonchev–Trinajstić information content (AvgIpc) is 3.01. The summed E-state index contributed by atoms with van der Waals surface area (Å²) in [5.41, 5.74) is 2.37. The van der Waals surface area contributed by atoms with Crippen molar-refractivity contribution in [1.82, 2.24) is 0 Å². The van der Waals surface area contributed by atoms with Gasteiger partial charge >= 0.3 is 5.97 Å². The molecule has 0 unspecified atom stereocenters. The van der Waals surface area contributed by atoms with Crippen molar-refractivity contribution in [1.29, 1.82) is 5.26 Å². The molecule has 0 atom stereocenters. The number of thiophene rings is 1. The zero-order valence-corrected chi connectivity index (χ0v) is 17.5. The summed E-state index contributed by atoms with van der Waals surface area (Å²) in [5, 5.41) is 12.5. The lowest BCUT2D eigenvalue weighted by Gasteiger charge is -2.22. The highest BCUT2D eigenvalue weighted by Gasteiger charge is 2.22. The van der Waals surface area contributed by atoms with Gasteiger partial charge in [-0.15, -0.1) is 11.3 Å². The molecule has 0 fully saturated rings. The number of amides is 1. The van der Waals surface area contributed by atoms with Crippen LogP contribution < -0.4 is 10.2 Å². The van der Waals surface area contributed by atoms with Crippen LogP contribution in [-0.2, 0) is 4.74 Å². The van der Waals surface area contributed by atoms with Gasteiger partial charge in [-0.1, -0.05) is 6.92 Å². The first kappa shape index (κ1) is 21.5. The first-order valence-corrected chi connectivity index (χ1v) is 10.1. The van der Waals surface area contributed by atoms with Gasteiger partial charge in [-0.2, -0.15) is 5.26 Å². The molecule has 6 nitrogen and oxygen atoms in total. The molecule has 2 aromatic rings. The van der Waals surface area contributed by atoms with Crippen molar-refractivity contribution in [3.63, 3.8) is 0 Å². The van der Waals surface area contributed by atoms with Gasteiger partial charge in [0.1, 0.15) is 15.9 Å². The molecule has 0 aliphatic rings. The van der Waals surface area contributed by atoms with Crippen LogP contribution >= 0.6 is 11.3 Å². The Kier molecular flexibility index (Phi) is 7.59. The van der Waals surface area contributed by atoms with Crippen LogP contribution in [0.1, 0.15) is 58.3 Å². The van der Waals surface area contributed by atoms with Gasteiger partial charge < -0.3 is 15.0 Å².